The van der Waals surface area contributed by atoms with Crippen LogP contribution in [0.15, 0.2) is 53.4 Å². The summed E-state index contributed by atoms with van der Waals surface area (Å²) >= 11 is 0. The molecule has 2 aromatic rings. The van der Waals surface area contributed by atoms with E-state index in [1.54, 1.807) is 12.1 Å². The topological polar surface area (TPSA) is 23.6 Å². The van der Waals surface area contributed by atoms with Gasteiger partial charge >= 0.3 is 0 Å². The van der Waals surface area contributed by atoms with Crippen molar-refractivity contribution in [3.63, 3.8) is 0 Å². The van der Waals surface area contributed by atoms with E-state index in [4.69, 9.17) is 0 Å². The average Bonchev–Trinajstić information content (AvgIpc) is 2.63. The second kappa shape index (κ2) is 8.01. The zero-order valence-corrected chi connectivity index (χ0v) is 14.8. The molecule has 1 atom stereocenters. The minimum atomic E-state index is -1.20. The van der Waals surface area contributed by atoms with E-state index in [0.29, 0.717) is 4.90 Å². The zero-order valence-electron chi connectivity index (χ0n) is 14.0. The van der Waals surface area contributed by atoms with Gasteiger partial charge in [0.25, 0.3) is 0 Å². The first-order valence-corrected chi connectivity index (χ1v) is 9.49. The maximum absolute atomic E-state index is 13.0. The predicted octanol–water partition coefficient (Wildman–Crippen LogP) is 3.23. The molecule has 0 aromatic heterocycles. The van der Waals surface area contributed by atoms with E-state index >= 15 is 0 Å². The van der Waals surface area contributed by atoms with Crippen LogP contribution in [0, 0.1) is 5.82 Å². The Morgan fingerprint density at radius 1 is 0.917 bits per heavy atom. The van der Waals surface area contributed by atoms with Gasteiger partial charge in [-0.3, -0.25) is 4.90 Å². The van der Waals surface area contributed by atoms with E-state index in [1.807, 2.05) is 4.31 Å². The quantitative estimate of drug-likeness (QED) is 0.830. The van der Waals surface area contributed by atoms with Crippen molar-refractivity contribution in [1.29, 1.82) is 0 Å². The first-order valence-electron chi connectivity index (χ1n) is 8.38. The lowest BCUT2D eigenvalue weighted by atomic mass is 10.1. The van der Waals surface area contributed by atoms with Crippen molar-refractivity contribution in [2.24, 2.45) is 0 Å². The number of hydrogen-bond donors (Lipinski definition) is 0. The summed E-state index contributed by atoms with van der Waals surface area (Å²) in [5.74, 6) is -0.297. The second-order valence-corrected chi connectivity index (χ2v) is 7.56. The molecule has 1 saturated heterocycles. The van der Waals surface area contributed by atoms with Crippen LogP contribution in [0.4, 0.5) is 4.39 Å². The molecule has 128 valence electrons. The standard InChI is InChI=1S/C19H23FN2OS/c1-2-16-3-5-17(6-4-16)15-21-11-13-22(14-12-21)24(23)19-9-7-18(20)8-10-19/h3-10H,2,11-15H2,1H3. The zero-order chi connectivity index (χ0) is 16.9. The van der Waals surface area contributed by atoms with E-state index in [2.05, 4.69) is 36.1 Å². The smallest absolute Gasteiger partial charge is 0.127 e. The molecule has 0 aliphatic carbocycles. The van der Waals surface area contributed by atoms with Crippen molar-refractivity contribution < 1.29 is 8.60 Å². The van der Waals surface area contributed by atoms with Gasteiger partial charge in [-0.2, -0.15) is 0 Å². The van der Waals surface area contributed by atoms with E-state index in [-0.39, 0.29) is 5.82 Å². The fourth-order valence-electron chi connectivity index (χ4n) is 2.89. The lowest BCUT2D eigenvalue weighted by molar-refractivity contribution is 0.185. The Morgan fingerprint density at radius 2 is 1.50 bits per heavy atom. The lowest BCUT2D eigenvalue weighted by Gasteiger charge is -2.33. The molecule has 1 heterocycles. The summed E-state index contributed by atoms with van der Waals surface area (Å²) in [7, 11) is -1.20. The molecular formula is C19H23FN2OS. The van der Waals surface area contributed by atoms with Crippen molar-refractivity contribution in [3.8, 4) is 0 Å². The van der Waals surface area contributed by atoms with Gasteiger partial charge in [0, 0.05) is 32.7 Å². The Kier molecular flexibility index (Phi) is 5.76. The molecule has 1 aliphatic heterocycles. The molecule has 0 spiro atoms. The van der Waals surface area contributed by atoms with Gasteiger partial charge in [-0.05, 0) is 41.8 Å². The van der Waals surface area contributed by atoms with Crippen molar-refractivity contribution in [2.45, 2.75) is 24.8 Å². The summed E-state index contributed by atoms with van der Waals surface area (Å²) in [6, 6.07) is 14.7. The highest BCUT2D eigenvalue weighted by Gasteiger charge is 2.22. The Balaban J connectivity index is 1.53. The fourth-order valence-corrected chi connectivity index (χ4v) is 4.05. The highest BCUT2D eigenvalue weighted by molar-refractivity contribution is 7.82. The monoisotopic (exact) mass is 346 g/mol. The van der Waals surface area contributed by atoms with Gasteiger partial charge in [0.15, 0.2) is 0 Å². The molecular weight excluding hydrogens is 323 g/mol. The van der Waals surface area contributed by atoms with Crippen LogP contribution in [-0.2, 0) is 24.0 Å². The van der Waals surface area contributed by atoms with Crippen molar-refractivity contribution in [1.82, 2.24) is 9.21 Å². The van der Waals surface area contributed by atoms with Crippen LogP contribution in [0.1, 0.15) is 18.1 Å². The molecule has 24 heavy (non-hydrogen) atoms. The van der Waals surface area contributed by atoms with Crippen LogP contribution < -0.4 is 0 Å². The highest BCUT2D eigenvalue weighted by atomic mass is 32.2. The molecule has 0 radical (unpaired) electrons. The van der Waals surface area contributed by atoms with Crippen LogP contribution in [0.2, 0.25) is 0 Å². The molecule has 1 fully saturated rings. The predicted molar refractivity (Wildman–Crippen MR) is 95.5 cm³/mol. The van der Waals surface area contributed by atoms with Gasteiger partial charge in [-0.25, -0.2) is 12.9 Å². The molecule has 0 N–H and O–H groups in total. The molecule has 0 bridgehead atoms. The Labute approximate surface area is 145 Å². The summed E-state index contributed by atoms with van der Waals surface area (Å²) in [5, 5.41) is 0. The maximum atomic E-state index is 13.0. The van der Waals surface area contributed by atoms with Crippen LogP contribution in [-0.4, -0.2) is 39.6 Å². The molecule has 2 aromatic carbocycles. The molecule has 1 unspecified atom stereocenters. The first kappa shape index (κ1) is 17.3. The minimum absolute atomic E-state index is 0.297. The normalized spacial score (nSPS) is 17.8. The molecule has 0 amide bonds. The Hall–Kier alpha value is -1.56. The Morgan fingerprint density at radius 3 is 2.08 bits per heavy atom. The maximum Gasteiger partial charge on any atom is 0.127 e. The largest absolute Gasteiger partial charge is 0.296 e. The van der Waals surface area contributed by atoms with E-state index in [1.165, 1.54) is 23.3 Å². The van der Waals surface area contributed by atoms with Crippen LogP contribution in [0.3, 0.4) is 0 Å². The van der Waals surface area contributed by atoms with E-state index in [0.717, 1.165) is 39.1 Å². The number of halogens is 1. The van der Waals surface area contributed by atoms with Gasteiger partial charge in [-0.1, -0.05) is 31.2 Å². The molecule has 1 aliphatic rings. The SMILES string of the molecule is CCc1ccc(CN2CCN(S(=O)c3ccc(F)cc3)CC2)cc1. The van der Waals surface area contributed by atoms with Crippen LogP contribution in [0.25, 0.3) is 0 Å². The summed E-state index contributed by atoms with van der Waals surface area (Å²) in [4.78, 5) is 3.05. The number of aryl methyl sites for hydroxylation is 1. The number of nitrogens with zero attached hydrogens (tertiary/aromatic N) is 2. The van der Waals surface area contributed by atoms with Crippen molar-refractivity contribution in [3.05, 3.63) is 65.5 Å². The number of benzene rings is 2. The molecule has 0 saturated carbocycles. The average molecular weight is 346 g/mol. The van der Waals surface area contributed by atoms with Gasteiger partial charge in [0.2, 0.25) is 0 Å². The summed E-state index contributed by atoms with van der Waals surface area (Å²) in [5.41, 5.74) is 2.68. The first-order chi connectivity index (χ1) is 11.7. The van der Waals surface area contributed by atoms with Crippen LogP contribution >= 0.6 is 0 Å². The van der Waals surface area contributed by atoms with Crippen LogP contribution in [0.5, 0.6) is 0 Å². The van der Waals surface area contributed by atoms with Gasteiger partial charge in [-0.15, -0.1) is 0 Å². The van der Waals surface area contributed by atoms with Gasteiger partial charge < -0.3 is 0 Å². The van der Waals surface area contributed by atoms with Gasteiger partial charge in [0.05, 0.1) is 4.90 Å². The third kappa shape index (κ3) is 4.29. The van der Waals surface area contributed by atoms with E-state index in [9.17, 15) is 8.60 Å². The van der Waals surface area contributed by atoms with Crippen molar-refractivity contribution in [2.75, 3.05) is 26.2 Å². The highest BCUT2D eigenvalue weighted by Crippen LogP contribution is 2.16. The summed E-state index contributed by atoms with van der Waals surface area (Å²) in [6.07, 6.45) is 1.06. The number of hydrogen-bond acceptors (Lipinski definition) is 2. The third-order valence-electron chi connectivity index (χ3n) is 4.42. The summed E-state index contributed by atoms with van der Waals surface area (Å²) < 4.78 is 27.5. The lowest BCUT2D eigenvalue weighted by Crippen LogP contribution is -2.46. The molecule has 3 rings (SSSR count). The Bertz CT molecular complexity index is 680. The molecule has 5 heteroatoms. The van der Waals surface area contributed by atoms with Gasteiger partial charge in [0.1, 0.15) is 16.8 Å². The minimum Gasteiger partial charge on any atom is -0.296 e. The summed E-state index contributed by atoms with van der Waals surface area (Å²) in [6.45, 7) is 6.40. The third-order valence-corrected chi connectivity index (χ3v) is 5.93. The fraction of sp³-hybridized carbons (Fsp3) is 0.368. The second-order valence-electron chi connectivity index (χ2n) is 6.08. The number of piperazine rings is 1. The molecule has 3 nitrogen and oxygen atoms in total. The number of rotatable bonds is 5. The van der Waals surface area contributed by atoms with Crippen molar-refractivity contribution >= 4 is 11.0 Å². The van der Waals surface area contributed by atoms with E-state index < -0.39 is 11.0 Å².